The summed E-state index contributed by atoms with van der Waals surface area (Å²) in [6.45, 7) is 2.56. The maximum Gasteiger partial charge on any atom is 0.404 e. The van der Waals surface area contributed by atoms with Gasteiger partial charge in [-0.15, -0.1) is 0 Å². The SMILES string of the molecule is Cc1ccc2c(n1)c(C#N)c(-c1ccc(S(=O)(=O)NC(C)C(F)(F)F)cn1)n2C1CCCC1. The van der Waals surface area contributed by atoms with Crippen molar-refractivity contribution in [1.29, 1.82) is 5.26 Å². The Hall–Kier alpha value is -2.97. The van der Waals surface area contributed by atoms with Crippen LogP contribution in [0.5, 0.6) is 0 Å². The number of aryl methyl sites for hydroxylation is 1. The van der Waals surface area contributed by atoms with E-state index in [1.54, 1.807) is 4.72 Å². The lowest BCUT2D eigenvalue weighted by molar-refractivity contribution is -0.147. The first kappa shape index (κ1) is 23.2. The quantitative estimate of drug-likeness (QED) is 0.578. The highest BCUT2D eigenvalue weighted by Gasteiger charge is 2.39. The number of nitrogens with zero attached hydrogens (tertiary/aromatic N) is 4. The summed E-state index contributed by atoms with van der Waals surface area (Å²) in [6.07, 6.45) is 0.270. The number of halogens is 3. The summed E-state index contributed by atoms with van der Waals surface area (Å²) >= 11 is 0. The zero-order chi connectivity index (χ0) is 24.0. The molecule has 1 aliphatic rings. The molecular formula is C22H22F3N5O2S. The first-order chi connectivity index (χ1) is 15.5. The zero-order valence-corrected chi connectivity index (χ0v) is 18.8. The number of rotatable bonds is 5. The number of pyridine rings is 2. The molecule has 0 radical (unpaired) electrons. The summed E-state index contributed by atoms with van der Waals surface area (Å²) in [5.41, 5.74) is 3.35. The maximum atomic E-state index is 12.8. The molecular weight excluding hydrogens is 455 g/mol. The first-order valence-electron chi connectivity index (χ1n) is 10.5. The van der Waals surface area contributed by atoms with Crippen LogP contribution in [-0.2, 0) is 10.0 Å². The standard InChI is InChI=1S/C22H22F3N5O2S/c1-13-7-10-19-20(28-13)17(11-26)21(30(19)15-5-3-4-6-15)18-9-8-16(12-27-18)33(31,32)29-14(2)22(23,24)25/h7-10,12,14-15,29H,3-6H2,1-2H3. The van der Waals surface area contributed by atoms with E-state index in [0.717, 1.165) is 50.0 Å². The zero-order valence-electron chi connectivity index (χ0n) is 18.0. The van der Waals surface area contributed by atoms with Crippen LogP contribution >= 0.6 is 0 Å². The Balaban J connectivity index is 1.81. The summed E-state index contributed by atoms with van der Waals surface area (Å²) in [4.78, 5) is 8.41. The van der Waals surface area contributed by atoms with Crippen molar-refractivity contribution in [3.05, 3.63) is 41.7 Å². The van der Waals surface area contributed by atoms with Gasteiger partial charge >= 0.3 is 6.18 Å². The van der Waals surface area contributed by atoms with Crippen molar-refractivity contribution in [2.75, 3.05) is 0 Å². The van der Waals surface area contributed by atoms with Crippen molar-refractivity contribution < 1.29 is 21.6 Å². The Labute approximate surface area is 189 Å². The van der Waals surface area contributed by atoms with Crippen LogP contribution in [-0.4, -0.2) is 35.2 Å². The average molecular weight is 478 g/mol. The van der Waals surface area contributed by atoms with E-state index in [-0.39, 0.29) is 6.04 Å². The molecule has 1 saturated carbocycles. The van der Waals surface area contributed by atoms with Gasteiger partial charge in [0.15, 0.2) is 0 Å². The molecule has 0 amide bonds. The van der Waals surface area contributed by atoms with Gasteiger partial charge in [-0.05, 0) is 51.0 Å². The van der Waals surface area contributed by atoms with Gasteiger partial charge in [0.2, 0.25) is 10.0 Å². The third-order valence-electron chi connectivity index (χ3n) is 5.90. The lowest BCUT2D eigenvalue weighted by Gasteiger charge is -2.18. The molecule has 11 heteroatoms. The topological polar surface area (TPSA) is 101 Å². The van der Waals surface area contributed by atoms with E-state index in [9.17, 15) is 26.9 Å². The van der Waals surface area contributed by atoms with E-state index in [4.69, 9.17) is 0 Å². The molecule has 1 unspecified atom stereocenters. The largest absolute Gasteiger partial charge is 0.404 e. The highest BCUT2D eigenvalue weighted by atomic mass is 32.2. The third-order valence-corrected chi connectivity index (χ3v) is 7.43. The molecule has 4 rings (SSSR count). The van der Waals surface area contributed by atoms with E-state index in [1.165, 1.54) is 12.1 Å². The number of sulfonamides is 1. The minimum absolute atomic E-state index is 0.147. The Kier molecular flexibility index (Phi) is 5.92. The highest BCUT2D eigenvalue weighted by molar-refractivity contribution is 7.89. The second kappa shape index (κ2) is 8.43. The highest BCUT2D eigenvalue weighted by Crippen LogP contribution is 2.40. The molecule has 3 aromatic heterocycles. The van der Waals surface area contributed by atoms with Crippen LogP contribution in [0.15, 0.2) is 35.4 Å². The lowest BCUT2D eigenvalue weighted by atomic mass is 10.1. The van der Waals surface area contributed by atoms with Crippen LogP contribution in [0.4, 0.5) is 13.2 Å². The number of hydrogen-bond donors (Lipinski definition) is 1. The van der Waals surface area contributed by atoms with E-state index >= 15 is 0 Å². The van der Waals surface area contributed by atoms with E-state index < -0.39 is 27.1 Å². The first-order valence-corrected chi connectivity index (χ1v) is 12.0. The predicted octanol–water partition coefficient (Wildman–Crippen LogP) is 4.62. The van der Waals surface area contributed by atoms with Crippen molar-refractivity contribution in [1.82, 2.24) is 19.3 Å². The molecule has 1 fully saturated rings. The molecule has 3 heterocycles. The van der Waals surface area contributed by atoms with Gasteiger partial charge in [-0.3, -0.25) is 9.97 Å². The van der Waals surface area contributed by atoms with Gasteiger partial charge in [0.25, 0.3) is 0 Å². The molecule has 0 aromatic carbocycles. The molecule has 0 spiro atoms. The van der Waals surface area contributed by atoms with Gasteiger partial charge in [0.1, 0.15) is 28.1 Å². The lowest BCUT2D eigenvalue weighted by Crippen LogP contribution is -2.42. The van der Waals surface area contributed by atoms with Crippen LogP contribution in [0.3, 0.4) is 0 Å². The fourth-order valence-corrected chi connectivity index (χ4v) is 5.40. The van der Waals surface area contributed by atoms with Gasteiger partial charge < -0.3 is 4.57 Å². The minimum atomic E-state index is -4.71. The van der Waals surface area contributed by atoms with Crippen molar-refractivity contribution in [3.63, 3.8) is 0 Å². The van der Waals surface area contributed by atoms with Gasteiger partial charge in [0, 0.05) is 17.9 Å². The molecule has 3 aromatic rings. The number of alkyl halides is 3. The van der Waals surface area contributed by atoms with E-state index in [2.05, 4.69) is 16.0 Å². The van der Waals surface area contributed by atoms with E-state index in [0.29, 0.717) is 22.5 Å². The Bertz CT molecular complexity index is 1340. The molecule has 7 nitrogen and oxygen atoms in total. The normalized spacial score (nSPS) is 16.2. The second-order valence-electron chi connectivity index (χ2n) is 8.23. The summed E-state index contributed by atoms with van der Waals surface area (Å²) in [6, 6.07) is 6.52. The van der Waals surface area contributed by atoms with Crippen molar-refractivity contribution >= 4 is 21.1 Å². The van der Waals surface area contributed by atoms with Crippen LogP contribution < -0.4 is 4.72 Å². The molecule has 1 atom stereocenters. The summed E-state index contributed by atoms with van der Waals surface area (Å²) in [7, 11) is -4.43. The molecule has 0 saturated heterocycles. The third kappa shape index (κ3) is 4.32. The molecule has 0 aliphatic heterocycles. The maximum absolute atomic E-state index is 12.8. The Morgan fingerprint density at radius 1 is 1.21 bits per heavy atom. The minimum Gasteiger partial charge on any atom is -0.334 e. The van der Waals surface area contributed by atoms with E-state index in [1.807, 2.05) is 23.6 Å². The van der Waals surface area contributed by atoms with Gasteiger partial charge in [-0.1, -0.05) is 12.8 Å². The number of nitriles is 1. The molecule has 174 valence electrons. The molecule has 0 bridgehead atoms. The van der Waals surface area contributed by atoms with Crippen molar-refractivity contribution in [2.45, 2.75) is 62.7 Å². The predicted molar refractivity (Wildman–Crippen MR) is 116 cm³/mol. The Morgan fingerprint density at radius 3 is 2.48 bits per heavy atom. The number of fused-ring (bicyclic) bond motifs is 1. The van der Waals surface area contributed by atoms with Gasteiger partial charge in [-0.25, -0.2) is 8.42 Å². The van der Waals surface area contributed by atoms with Crippen molar-refractivity contribution in [2.24, 2.45) is 0 Å². The van der Waals surface area contributed by atoms with Crippen LogP contribution in [0.1, 0.15) is 49.9 Å². The molecule has 33 heavy (non-hydrogen) atoms. The van der Waals surface area contributed by atoms with Crippen molar-refractivity contribution in [3.8, 4) is 17.5 Å². The smallest absolute Gasteiger partial charge is 0.334 e. The van der Waals surface area contributed by atoms with Crippen LogP contribution in [0.2, 0.25) is 0 Å². The molecule has 1 N–H and O–H groups in total. The van der Waals surface area contributed by atoms with Crippen LogP contribution in [0, 0.1) is 18.3 Å². The summed E-state index contributed by atoms with van der Waals surface area (Å²) in [5.74, 6) is 0. The number of hydrogen-bond acceptors (Lipinski definition) is 5. The van der Waals surface area contributed by atoms with Crippen LogP contribution in [0.25, 0.3) is 22.4 Å². The van der Waals surface area contributed by atoms with Gasteiger partial charge in [0.05, 0.1) is 16.9 Å². The number of nitrogens with one attached hydrogen (secondary N) is 1. The molecule has 1 aliphatic carbocycles. The summed E-state index contributed by atoms with van der Waals surface area (Å²) in [5, 5.41) is 9.94. The Morgan fingerprint density at radius 2 is 1.91 bits per heavy atom. The average Bonchev–Trinajstić information content (AvgIpc) is 3.38. The number of aromatic nitrogens is 3. The summed E-state index contributed by atoms with van der Waals surface area (Å²) < 4.78 is 66.9. The fourth-order valence-electron chi connectivity index (χ4n) is 4.23. The fraction of sp³-hybridized carbons (Fsp3) is 0.409. The monoisotopic (exact) mass is 477 g/mol. The van der Waals surface area contributed by atoms with Gasteiger partial charge in [-0.2, -0.15) is 23.2 Å². The second-order valence-corrected chi connectivity index (χ2v) is 9.94.